The number of carbonyl (C=O) groups is 1. The highest BCUT2D eigenvalue weighted by molar-refractivity contribution is 6.35. The van der Waals surface area contributed by atoms with Crippen LogP contribution in [0.4, 0.5) is 4.39 Å². The monoisotopic (exact) mass is 478 g/mol. The van der Waals surface area contributed by atoms with Gasteiger partial charge in [-0.15, -0.1) is 0 Å². The van der Waals surface area contributed by atoms with Crippen LogP contribution in [0.1, 0.15) is 27.2 Å². The summed E-state index contributed by atoms with van der Waals surface area (Å²) in [5.41, 5.74) is 3.93. The number of hydrogen-bond donors (Lipinski definition) is 2. The molecule has 0 spiro atoms. The number of benzene rings is 2. The zero-order valence-corrected chi connectivity index (χ0v) is 18.7. The topological polar surface area (TPSA) is 70.7 Å². The van der Waals surface area contributed by atoms with Crippen molar-refractivity contribution in [1.29, 1.82) is 0 Å². The number of nitrogens with zero attached hydrogens (tertiary/aromatic N) is 2. The van der Waals surface area contributed by atoms with E-state index in [2.05, 4.69) is 20.3 Å². The third-order valence-corrected chi connectivity index (χ3v) is 5.95. The molecule has 5 nitrogen and oxygen atoms in total. The predicted molar refractivity (Wildman–Crippen MR) is 128 cm³/mol. The summed E-state index contributed by atoms with van der Waals surface area (Å²) in [6, 6.07) is 13.9. The molecule has 8 heteroatoms. The average Bonchev–Trinajstić information content (AvgIpc) is 3.16. The number of pyridine rings is 2. The standard InChI is InChI=1S/C25H17Cl2FN4O/c26-18-1-2-23-16(7-18)5-14(11-30-23)6-19-8-15(3-4-29-19)25(33)32-12-17-9-20-21(27)13-31-24(20)10-22(17)28/h1-5,7-11,13,31H,6,12H2,(H,32,33). The SMILES string of the molecule is O=C(NCc1cc2c(Cl)c[nH]c2cc1F)c1ccnc(Cc2cnc3ccc(Cl)cc3c2)c1. The van der Waals surface area contributed by atoms with Gasteiger partial charge in [0.25, 0.3) is 5.91 Å². The van der Waals surface area contributed by atoms with Crippen LogP contribution in [0.5, 0.6) is 0 Å². The van der Waals surface area contributed by atoms with Crippen LogP contribution in [-0.2, 0) is 13.0 Å². The van der Waals surface area contributed by atoms with Gasteiger partial charge in [-0.3, -0.25) is 14.8 Å². The van der Waals surface area contributed by atoms with E-state index in [1.807, 2.05) is 18.2 Å². The summed E-state index contributed by atoms with van der Waals surface area (Å²) in [6.07, 6.45) is 5.48. The van der Waals surface area contributed by atoms with Gasteiger partial charge in [-0.1, -0.05) is 23.2 Å². The van der Waals surface area contributed by atoms with Crippen molar-refractivity contribution in [2.24, 2.45) is 0 Å². The quantitative estimate of drug-likeness (QED) is 0.321. The van der Waals surface area contributed by atoms with Crippen LogP contribution in [0.15, 0.2) is 67.1 Å². The Morgan fingerprint density at radius 1 is 1.06 bits per heavy atom. The number of fused-ring (bicyclic) bond motifs is 2. The van der Waals surface area contributed by atoms with Crippen LogP contribution in [0, 0.1) is 5.82 Å². The molecule has 0 saturated heterocycles. The van der Waals surface area contributed by atoms with Crippen molar-refractivity contribution in [2.75, 3.05) is 0 Å². The molecule has 5 rings (SSSR count). The molecule has 0 aliphatic rings. The number of rotatable bonds is 5. The first-order valence-corrected chi connectivity index (χ1v) is 10.9. The number of nitrogens with one attached hydrogen (secondary N) is 2. The Balaban J connectivity index is 1.31. The van der Waals surface area contributed by atoms with Gasteiger partial charge >= 0.3 is 0 Å². The lowest BCUT2D eigenvalue weighted by atomic mass is 10.1. The molecular weight excluding hydrogens is 462 g/mol. The molecular formula is C25H17Cl2FN4O. The Morgan fingerprint density at radius 3 is 2.82 bits per heavy atom. The normalized spacial score (nSPS) is 11.2. The van der Waals surface area contributed by atoms with Crippen molar-refractivity contribution in [1.82, 2.24) is 20.3 Å². The zero-order valence-electron chi connectivity index (χ0n) is 17.2. The number of aromatic amines is 1. The van der Waals surface area contributed by atoms with E-state index in [4.69, 9.17) is 23.2 Å². The molecule has 5 aromatic rings. The molecule has 3 heterocycles. The fourth-order valence-electron chi connectivity index (χ4n) is 3.74. The van der Waals surface area contributed by atoms with Crippen LogP contribution < -0.4 is 5.32 Å². The predicted octanol–water partition coefficient (Wildman–Crippen LogP) is 6.08. The van der Waals surface area contributed by atoms with Crippen LogP contribution in [-0.4, -0.2) is 20.9 Å². The highest BCUT2D eigenvalue weighted by Crippen LogP contribution is 2.26. The van der Waals surface area contributed by atoms with Crippen molar-refractivity contribution in [2.45, 2.75) is 13.0 Å². The van der Waals surface area contributed by atoms with Gasteiger partial charge in [-0.25, -0.2) is 4.39 Å². The lowest BCUT2D eigenvalue weighted by Crippen LogP contribution is -2.23. The molecule has 33 heavy (non-hydrogen) atoms. The lowest BCUT2D eigenvalue weighted by molar-refractivity contribution is 0.0950. The van der Waals surface area contributed by atoms with Gasteiger partial charge < -0.3 is 10.3 Å². The van der Waals surface area contributed by atoms with E-state index in [1.165, 1.54) is 6.07 Å². The molecule has 0 fully saturated rings. The van der Waals surface area contributed by atoms with Gasteiger partial charge in [0.2, 0.25) is 0 Å². The van der Waals surface area contributed by atoms with E-state index in [9.17, 15) is 9.18 Å². The molecule has 0 saturated carbocycles. The first-order chi connectivity index (χ1) is 16.0. The molecule has 0 atom stereocenters. The molecule has 3 aromatic heterocycles. The van der Waals surface area contributed by atoms with E-state index >= 15 is 0 Å². The average molecular weight is 479 g/mol. The molecule has 164 valence electrons. The van der Waals surface area contributed by atoms with Crippen molar-refractivity contribution in [3.8, 4) is 0 Å². The Bertz CT molecular complexity index is 1520. The molecule has 2 N–H and O–H groups in total. The molecule has 0 aliphatic carbocycles. The maximum Gasteiger partial charge on any atom is 0.251 e. The Hall–Kier alpha value is -3.48. The van der Waals surface area contributed by atoms with Crippen LogP contribution in [0.25, 0.3) is 21.8 Å². The number of aromatic nitrogens is 3. The molecule has 1 amide bonds. The maximum atomic E-state index is 14.4. The van der Waals surface area contributed by atoms with Gasteiger partial charge in [0.05, 0.1) is 10.5 Å². The van der Waals surface area contributed by atoms with E-state index in [1.54, 1.807) is 42.9 Å². The second-order valence-corrected chi connectivity index (χ2v) is 8.55. The van der Waals surface area contributed by atoms with Crippen LogP contribution in [0.3, 0.4) is 0 Å². The molecule has 0 bridgehead atoms. The van der Waals surface area contributed by atoms with Crippen molar-refractivity contribution in [3.63, 3.8) is 0 Å². The largest absolute Gasteiger partial charge is 0.360 e. The molecule has 0 radical (unpaired) electrons. The minimum absolute atomic E-state index is 0.0368. The van der Waals surface area contributed by atoms with Crippen molar-refractivity contribution < 1.29 is 9.18 Å². The number of hydrogen-bond acceptors (Lipinski definition) is 3. The third-order valence-electron chi connectivity index (χ3n) is 5.40. The zero-order chi connectivity index (χ0) is 22.9. The number of carbonyl (C=O) groups excluding carboxylic acids is 1. The van der Waals surface area contributed by atoms with E-state index in [0.29, 0.717) is 38.5 Å². The summed E-state index contributed by atoms with van der Waals surface area (Å²) in [5.74, 6) is -0.734. The minimum atomic E-state index is -0.416. The third kappa shape index (κ3) is 4.53. The van der Waals surface area contributed by atoms with Crippen molar-refractivity contribution in [3.05, 3.63) is 105 Å². The highest BCUT2D eigenvalue weighted by Gasteiger charge is 2.12. The Labute approximate surface area is 198 Å². The summed E-state index contributed by atoms with van der Waals surface area (Å²) in [5, 5.41) is 5.56. The number of halogens is 3. The Morgan fingerprint density at radius 2 is 1.94 bits per heavy atom. The van der Waals surface area contributed by atoms with Gasteiger partial charge in [-0.05, 0) is 54.1 Å². The fraction of sp³-hybridized carbons (Fsp3) is 0.0800. The minimum Gasteiger partial charge on any atom is -0.360 e. The van der Waals surface area contributed by atoms with Crippen LogP contribution in [0.2, 0.25) is 10.0 Å². The van der Waals surface area contributed by atoms with Crippen molar-refractivity contribution >= 4 is 50.9 Å². The van der Waals surface area contributed by atoms with E-state index < -0.39 is 5.82 Å². The summed E-state index contributed by atoms with van der Waals surface area (Å²) in [4.78, 5) is 24.4. The molecule has 0 unspecified atom stereocenters. The van der Waals surface area contributed by atoms with Gasteiger partial charge in [0, 0.05) is 69.7 Å². The summed E-state index contributed by atoms with van der Waals surface area (Å²) < 4.78 is 14.4. The number of amides is 1. The first kappa shape index (κ1) is 21.4. The lowest BCUT2D eigenvalue weighted by Gasteiger charge is -2.09. The first-order valence-electron chi connectivity index (χ1n) is 10.2. The molecule has 0 aliphatic heterocycles. The second kappa shape index (κ2) is 8.81. The summed E-state index contributed by atoms with van der Waals surface area (Å²) >= 11 is 12.2. The van der Waals surface area contributed by atoms with Gasteiger partial charge in [-0.2, -0.15) is 0 Å². The fourth-order valence-corrected chi connectivity index (χ4v) is 4.13. The maximum absolute atomic E-state index is 14.4. The molecule has 2 aromatic carbocycles. The van der Waals surface area contributed by atoms with E-state index in [-0.39, 0.29) is 12.5 Å². The van der Waals surface area contributed by atoms with Gasteiger partial charge in [0.15, 0.2) is 0 Å². The van der Waals surface area contributed by atoms with Crippen LogP contribution >= 0.6 is 23.2 Å². The smallest absolute Gasteiger partial charge is 0.251 e. The second-order valence-electron chi connectivity index (χ2n) is 7.70. The van der Waals surface area contributed by atoms with Gasteiger partial charge in [0.1, 0.15) is 5.82 Å². The number of H-pyrrole nitrogens is 1. The van der Waals surface area contributed by atoms with E-state index in [0.717, 1.165) is 22.2 Å². The Kier molecular flexibility index (Phi) is 5.70. The highest BCUT2D eigenvalue weighted by atomic mass is 35.5. The summed E-state index contributed by atoms with van der Waals surface area (Å²) in [7, 11) is 0. The summed E-state index contributed by atoms with van der Waals surface area (Å²) in [6.45, 7) is 0.0368.